The molecule has 4 aromatic carbocycles. The second kappa shape index (κ2) is 17.8. The number of anilines is 1. The van der Waals surface area contributed by atoms with Gasteiger partial charge in [0.25, 0.3) is 0 Å². The molecular weight excluding hydrogens is 817 g/mol. The number of aromatic nitrogens is 2. The molecule has 2 aliphatic rings. The first kappa shape index (κ1) is 42.8. The van der Waals surface area contributed by atoms with Gasteiger partial charge in [0.1, 0.15) is 12.1 Å². The van der Waals surface area contributed by atoms with Crippen LogP contribution in [0.3, 0.4) is 0 Å². The number of rotatable bonds is 10. The molecule has 0 spiro atoms. The van der Waals surface area contributed by atoms with Gasteiger partial charge in [-0.2, -0.15) is 0 Å². The van der Waals surface area contributed by atoms with Crippen molar-refractivity contribution in [3.63, 3.8) is 0 Å². The standard InChI is InChI=1S/C49H48N6O7S/c1-28-44(63-27-51-28)31-17-15-29(16-18-31)25-50-46(58)39-22-33(56)26-55(39)47(59)45(49(2,3)4)54-48(60)62-40-20-19-32(21-41(40)61-5)35-23-38(30-11-7-6-8-12-30)53-43-34-13-9-10-14-37(34)52-42(57)24-36(35)43/h6-21,23,27,33,39,45,56H,22,24-26H2,1-5H3,(H,50,58)(H,52,57)(H,54,60)/t33-,39+,45-/m1/s1. The smallest absolute Gasteiger partial charge is 0.413 e. The van der Waals surface area contributed by atoms with E-state index in [1.165, 1.54) is 12.0 Å². The molecule has 322 valence electrons. The van der Waals surface area contributed by atoms with Gasteiger partial charge in [-0.3, -0.25) is 14.4 Å². The Hall–Kier alpha value is -6.90. The van der Waals surface area contributed by atoms with Crippen LogP contribution in [0.5, 0.6) is 11.5 Å². The lowest BCUT2D eigenvalue weighted by atomic mass is 9.85. The van der Waals surface area contributed by atoms with E-state index in [1.54, 1.807) is 55.8 Å². The number of amides is 4. The number of aryl methyl sites for hydroxylation is 1. The molecule has 1 saturated heterocycles. The van der Waals surface area contributed by atoms with Gasteiger partial charge in [-0.15, -0.1) is 11.3 Å². The number of nitrogens with one attached hydrogen (secondary N) is 3. The number of hydrogen-bond donors (Lipinski definition) is 4. The lowest BCUT2D eigenvalue weighted by Crippen LogP contribution is -2.58. The van der Waals surface area contributed by atoms with Gasteiger partial charge in [-0.25, -0.2) is 14.8 Å². The van der Waals surface area contributed by atoms with Crippen LogP contribution in [0.25, 0.3) is 44.1 Å². The van der Waals surface area contributed by atoms with Gasteiger partial charge in [0.05, 0.1) is 52.8 Å². The first-order valence-electron chi connectivity index (χ1n) is 20.7. The van der Waals surface area contributed by atoms with Crippen molar-refractivity contribution < 1.29 is 33.8 Å². The molecule has 0 unspecified atom stereocenters. The van der Waals surface area contributed by atoms with E-state index in [4.69, 9.17) is 14.5 Å². The van der Waals surface area contributed by atoms with E-state index in [9.17, 15) is 24.3 Å². The zero-order valence-corrected chi connectivity index (χ0v) is 36.4. The Kier molecular flexibility index (Phi) is 12.1. The summed E-state index contributed by atoms with van der Waals surface area (Å²) in [5.41, 5.74) is 9.78. The van der Waals surface area contributed by atoms with Crippen LogP contribution in [0, 0.1) is 12.3 Å². The van der Waals surface area contributed by atoms with E-state index in [0.29, 0.717) is 22.6 Å². The fourth-order valence-electron chi connectivity index (χ4n) is 8.09. The number of aliphatic hydroxyl groups is 1. The van der Waals surface area contributed by atoms with E-state index in [-0.39, 0.29) is 43.3 Å². The Morgan fingerprint density at radius 3 is 2.37 bits per heavy atom. The molecule has 14 heteroatoms. The highest BCUT2D eigenvalue weighted by molar-refractivity contribution is 7.13. The number of hydrogen-bond acceptors (Lipinski definition) is 10. The van der Waals surface area contributed by atoms with Crippen molar-refractivity contribution in [1.82, 2.24) is 25.5 Å². The third-order valence-electron chi connectivity index (χ3n) is 11.3. The lowest BCUT2D eigenvalue weighted by molar-refractivity contribution is -0.142. The maximum atomic E-state index is 14.3. The number of aliphatic hydroxyl groups excluding tert-OH is 1. The van der Waals surface area contributed by atoms with Crippen LogP contribution in [-0.2, 0) is 27.3 Å². The van der Waals surface area contributed by atoms with Crippen molar-refractivity contribution in [2.45, 2.75) is 65.3 Å². The number of carbonyl (C=O) groups excluding carboxylic acids is 4. The van der Waals surface area contributed by atoms with Crippen LogP contribution in [0.4, 0.5) is 10.5 Å². The third kappa shape index (κ3) is 9.18. The number of thiazole rings is 1. The van der Waals surface area contributed by atoms with E-state index >= 15 is 0 Å². The third-order valence-corrected chi connectivity index (χ3v) is 12.3. The first-order chi connectivity index (χ1) is 30.3. The van der Waals surface area contributed by atoms with Gasteiger partial charge in [0.15, 0.2) is 11.5 Å². The Morgan fingerprint density at radius 2 is 1.65 bits per heavy atom. The molecule has 4 heterocycles. The van der Waals surface area contributed by atoms with Crippen LogP contribution in [0.15, 0.2) is 109 Å². The van der Waals surface area contributed by atoms with Crippen molar-refractivity contribution in [2.24, 2.45) is 5.41 Å². The molecule has 0 radical (unpaired) electrons. The van der Waals surface area contributed by atoms with E-state index in [0.717, 1.165) is 44.0 Å². The molecule has 0 saturated carbocycles. The summed E-state index contributed by atoms with van der Waals surface area (Å²) in [7, 11) is 1.46. The number of benzene rings is 4. The molecule has 0 bridgehead atoms. The average molecular weight is 865 g/mol. The van der Waals surface area contributed by atoms with Crippen molar-refractivity contribution in [3.8, 4) is 55.6 Å². The Labute approximate surface area is 369 Å². The normalized spacial score (nSPS) is 16.2. The number of likely N-dealkylation sites (tertiary alicyclic amines) is 1. The fraction of sp³-hybridized carbons (Fsp3) is 0.265. The molecule has 2 aliphatic heterocycles. The molecule has 4 N–H and O–H groups in total. The Bertz CT molecular complexity index is 2700. The van der Waals surface area contributed by atoms with Gasteiger partial charge in [-0.05, 0) is 64.4 Å². The highest BCUT2D eigenvalue weighted by Gasteiger charge is 2.45. The van der Waals surface area contributed by atoms with Crippen LogP contribution in [0.2, 0.25) is 0 Å². The summed E-state index contributed by atoms with van der Waals surface area (Å²) in [6.07, 6.45) is -1.71. The number of pyridine rings is 1. The number of fused-ring (bicyclic) bond motifs is 3. The van der Waals surface area contributed by atoms with Crippen LogP contribution >= 0.6 is 11.3 Å². The molecule has 0 aliphatic carbocycles. The molecule has 1 fully saturated rings. The summed E-state index contributed by atoms with van der Waals surface area (Å²) in [6.45, 7) is 7.50. The molecule has 4 amide bonds. The van der Waals surface area contributed by atoms with E-state index < -0.39 is 41.5 Å². The zero-order valence-electron chi connectivity index (χ0n) is 35.6. The molecule has 63 heavy (non-hydrogen) atoms. The number of methoxy groups -OCH3 is 1. The van der Waals surface area contributed by atoms with E-state index in [1.807, 2.05) is 91.9 Å². The summed E-state index contributed by atoms with van der Waals surface area (Å²) < 4.78 is 11.6. The topological polar surface area (TPSA) is 172 Å². The van der Waals surface area contributed by atoms with Gasteiger partial charge < -0.3 is 35.4 Å². The molecule has 6 aromatic rings. The number of carbonyl (C=O) groups is 4. The monoisotopic (exact) mass is 864 g/mol. The van der Waals surface area contributed by atoms with E-state index in [2.05, 4.69) is 20.9 Å². The number of β-amino-alcohol motifs (C(OH)–C–C–N with tert-alkyl or cyclic N) is 1. The minimum atomic E-state index is -1.13. The predicted molar refractivity (Wildman–Crippen MR) is 242 cm³/mol. The Morgan fingerprint density at radius 1 is 0.921 bits per heavy atom. The minimum Gasteiger partial charge on any atom is -0.493 e. The fourth-order valence-corrected chi connectivity index (χ4v) is 8.90. The molecule has 2 aromatic heterocycles. The molecule has 8 rings (SSSR count). The van der Waals surface area contributed by atoms with Crippen LogP contribution in [-0.4, -0.2) is 75.6 Å². The summed E-state index contributed by atoms with van der Waals surface area (Å²) in [5.74, 6) is -0.786. The number of nitrogens with zero attached hydrogens (tertiary/aromatic N) is 3. The van der Waals surface area contributed by atoms with Gasteiger partial charge in [0.2, 0.25) is 17.7 Å². The lowest BCUT2D eigenvalue weighted by Gasteiger charge is -2.35. The van der Waals surface area contributed by atoms with Gasteiger partial charge in [-0.1, -0.05) is 99.6 Å². The van der Waals surface area contributed by atoms with Crippen molar-refractivity contribution in [3.05, 3.63) is 125 Å². The second-order valence-electron chi connectivity index (χ2n) is 16.8. The maximum Gasteiger partial charge on any atom is 0.413 e. The SMILES string of the molecule is COc1cc(-c2cc(-c3ccccc3)nc3c2CC(=O)Nc2ccccc2-3)ccc1OC(=O)N[C@H](C(=O)N1C[C@H](O)C[C@H]1C(=O)NCc1ccc(-c2scnc2C)cc1)C(C)(C)C. The quantitative estimate of drug-likeness (QED) is 0.107. The first-order valence-corrected chi connectivity index (χ1v) is 21.6. The zero-order chi connectivity index (χ0) is 44.4. The highest BCUT2D eigenvalue weighted by Crippen LogP contribution is 2.42. The molecule has 3 atom stereocenters. The van der Waals surface area contributed by atoms with Crippen molar-refractivity contribution in [2.75, 3.05) is 19.0 Å². The number of ether oxygens (including phenoxy) is 2. The van der Waals surface area contributed by atoms with Gasteiger partial charge >= 0.3 is 6.09 Å². The summed E-state index contributed by atoms with van der Waals surface area (Å²) in [5, 5.41) is 19.4. The number of para-hydroxylation sites is 1. The highest BCUT2D eigenvalue weighted by atomic mass is 32.1. The molecular formula is C49H48N6O7S. The second-order valence-corrected chi connectivity index (χ2v) is 17.6. The predicted octanol–water partition coefficient (Wildman–Crippen LogP) is 7.80. The van der Waals surface area contributed by atoms with Crippen molar-refractivity contribution >= 4 is 40.8 Å². The Balaban J connectivity index is 1.00. The molecule has 13 nitrogen and oxygen atoms in total. The van der Waals surface area contributed by atoms with Gasteiger partial charge in [0, 0.05) is 30.6 Å². The summed E-state index contributed by atoms with van der Waals surface area (Å²) in [4.78, 5) is 66.7. The largest absolute Gasteiger partial charge is 0.493 e. The minimum absolute atomic E-state index is 0.0523. The summed E-state index contributed by atoms with van der Waals surface area (Å²) in [6, 6.07) is 30.2. The van der Waals surface area contributed by atoms with Crippen LogP contribution in [0.1, 0.15) is 44.0 Å². The van der Waals surface area contributed by atoms with Crippen LogP contribution < -0.4 is 25.4 Å². The van der Waals surface area contributed by atoms with Crippen molar-refractivity contribution in [1.29, 1.82) is 0 Å². The average Bonchev–Trinajstić information content (AvgIpc) is 3.86. The maximum absolute atomic E-state index is 14.3. The summed E-state index contributed by atoms with van der Waals surface area (Å²) >= 11 is 1.56.